The Morgan fingerprint density at radius 2 is 1.29 bits per heavy atom. The van der Waals surface area contributed by atoms with Crippen LogP contribution in [0.2, 0.25) is 0 Å². The summed E-state index contributed by atoms with van der Waals surface area (Å²) >= 11 is 0. The van der Waals surface area contributed by atoms with E-state index in [1.165, 1.54) is 11.1 Å². The van der Waals surface area contributed by atoms with Crippen LogP contribution in [0.25, 0.3) is 39.6 Å². The highest BCUT2D eigenvalue weighted by Gasteiger charge is 2.14. The first-order valence-corrected chi connectivity index (χ1v) is 15.1. The molecule has 4 aromatic carbocycles. The summed E-state index contributed by atoms with van der Waals surface area (Å²) in [7, 11) is 0. The number of fused-ring (bicyclic) bond motifs is 3. The molecule has 0 atom stereocenters. The Kier molecular flexibility index (Phi) is 8.45. The molecule has 6 rings (SSSR count). The van der Waals surface area contributed by atoms with Gasteiger partial charge < -0.3 is 14.2 Å². The van der Waals surface area contributed by atoms with Gasteiger partial charge in [-0.1, -0.05) is 66.7 Å². The zero-order chi connectivity index (χ0) is 31.2. The first kappa shape index (κ1) is 29.1. The fourth-order valence-corrected chi connectivity index (χ4v) is 5.70. The van der Waals surface area contributed by atoms with Gasteiger partial charge in [0.2, 0.25) is 0 Å². The van der Waals surface area contributed by atoms with Crippen molar-refractivity contribution in [2.45, 2.75) is 13.8 Å². The van der Waals surface area contributed by atoms with E-state index in [0.29, 0.717) is 17.1 Å². The summed E-state index contributed by atoms with van der Waals surface area (Å²) in [6.07, 6.45) is 11.2. The molecule has 0 unspecified atom stereocenters. The van der Waals surface area contributed by atoms with Gasteiger partial charge in [0.05, 0.1) is 11.0 Å². The van der Waals surface area contributed by atoms with E-state index in [1.54, 1.807) is 12.2 Å². The molecule has 1 aromatic heterocycles. The molecule has 2 heterocycles. The molecule has 0 bridgehead atoms. The lowest BCUT2D eigenvalue weighted by atomic mass is 10.0. The smallest absolute Gasteiger partial charge is 0.137 e. The van der Waals surface area contributed by atoms with E-state index in [1.807, 2.05) is 42.5 Å². The predicted molar refractivity (Wildman–Crippen MR) is 184 cm³/mol. The van der Waals surface area contributed by atoms with Gasteiger partial charge in [-0.25, -0.2) is 0 Å². The highest BCUT2D eigenvalue weighted by Crippen LogP contribution is 2.33. The van der Waals surface area contributed by atoms with Crippen molar-refractivity contribution in [1.82, 2.24) is 4.57 Å². The van der Waals surface area contributed by atoms with E-state index >= 15 is 0 Å². The lowest BCUT2D eigenvalue weighted by Crippen LogP contribution is -2.21. The summed E-state index contributed by atoms with van der Waals surface area (Å²) in [5.41, 5.74) is 7.17. The number of para-hydroxylation sites is 2. The normalized spacial score (nSPS) is 13.0. The van der Waals surface area contributed by atoms with Crippen molar-refractivity contribution >= 4 is 39.6 Å². The Morgan fingerprint density at radius 3 is 1.96 bits per heavy atom. The Morgan fingerprint density at radius 1 is 0.689 bits per heavy atom. The number of rotatable bonds is 8. The van der Waals surface area contributed by atoms with Crippen LogP contribution < -0.4 is 4.90 Å². The zero-order valence-corrected chi connectivity index (χ0v) is 25.3. The number of hydrogen-bond acceptors (Lipinski definition) is 4. The van der Waals surface area contributed by atoms with Crippen molar-refractivity contribution in [3.8, 4) is 17.8 Å². The summed E-state index contributed by atoms with van der Waals surface area (Å²) in [4.78, 5) is 2.30. The minimum atomic E-state index is 0.0359. The van der Waals surface area contributed by atoms with Gasteiger partial charge in [0.1, 0.15) is 29.2 Å². The summed E-state index contributed by atoms with van der Waals surface area (Å²) < 4.78 is 8.48. The van der Waals surface area contributed by atoms with E-state index in [4.69, 9.17) is 4.74 Å². The van der Waals surface area contributed by atoms with Gasteiger partial charge >= 0.3 is 0 Å². The molecule has 5 heteroatoms. The number of nitrogens with zero attached hydrogens (tertiary/aromatic N) is 4. The summed E-state index contributed by atoms with van der Waals surface area (Å²) in [5, 5.41) is 21.5. The van der Waals surface area contributed by atoms with Gasteiger partial charge in [-0.2, -0.15) is 10.5 Å². The van der Waals surface area contributed by atoms with Crippen LogP contribution in [0.5, 0.6) is 0 Å². The van der Waals surface area contributed by atoms with Crippen LogP contribution in [0.1, 0.15) is 25.0 Å². The van der Waals surface area contributed by atoms with Gasteiger partial charge in [0.15, 0.2) is 0 Å². The first-order valence-electron chi connectivity index (χ1n) is 15.1. The number of nitriles is 2. The molecule has 218 valence electrons. The molecule has 0 aliphatic carbocycles. The largest absolute Gasteiger partial charge is 0.457 e. The number of allylic oxidation sites excluding steroid dienone is 6. The van der Waals surface area contributed by atoms with Crippen molar-refractivity contribution in [2.24, 2.45) is 0 Å². The Bertz CT molecular complexity index is 2090. The predicted octanol–water partition coefficient (Wildman–Crippen LogP) is 9.50. The number of aromatic nitrogens is 1. The maximum atomic E-state index is 9.58. The van der Waals surface area contributed by atoms with Gasteiger partial charge in [-0.05, 0) is 91.7 Å². The molecule has 1 aliphatic heterocycles. The Labute approximate surface area is 263 Å². The molecule has 5 aromatic rings. The standard InChI is InChI=1S/C40H32N4O/c1-3-43(4-2)33-19-14-29(15-20-33)16-21-35-25-31(32(27-41)28-42)26-36(45-35)22-17-30-18-23-40-38(24-30)37-12-8-9-13-39(37)44(40)34-10-6-5-7-11-34/h5-26H,3-4H2,1-2H3/b21-16+,22-17+. The third-order valence-electron chi connectivity index (χ3n) is 7.96. The summed E-state index contributed by atoms with van der Waals surface area (Å²) in [5.74, 6) is 1.09. The van der Waals surface area contributed by atoms with Crippen molar-refractivity contribution in [2.75, 3.05) is 18.0 Å². The molecule has 0 N–H and O–H groups in total. The van der Waals surface area contributed by atoms with Crippen molar-refractivity contribution in [3.63, 3.8) is 0 Å². The second-order valence-electron chi connectivity index (χ2n) is 10.6. The molecule has 0 amide bonds. The fourth-order valence-electron chi connectivity index (χ4n) is 5.70. The lowest BCUT2D eigenvalue weighted by molar-refractivity contribution is 0.332. The Hall–Kier alpha value is -6.04. The molecule has 0 fully saturated rings. The minimum absolute atomic E-state index is 0.0359. The van der Waals surface area contributed by atoms with E-state index < -0.39 is 0 Å². The number of benzene rings is 4. The van der Waals surface area contributed by atoms with Crippen molar-refractivity contribution in [3.05, 3.63) is 155 Å². The fraction of sp³-hybridized carbons (Fsp3) is 0.100. The molecular weight excluding hydrogens is 552 g/mol. The van der Waals surface area contributed by atoms with Crippen molar-refractivity contribution < 1.29 is 4.74 Å². The SMILES string of the molecule is CCN(CC)c1ccc(/C=C/C2=CC(=C(C#N)C#N)C=C(/C=C/c3ccc4c(c3)c3ccccc3n4-c3ccccc3)O2)cc1. The molecule has 0 saturated heterocycles. The van der Waals surface area contributed by atoms with Crippen LogP contribution >= 0.6 is 0 Å². The molecule has 0 saturated carbocycles. The molecular formula is C40H32N4O. The van der Waals surface area contributed by atoms with Crippen LogP contribution in [-0.2, 0) is 4.74 Å². The lowest BCUT2D eigenvalue weighted by Gasteiger charge is -2.20. The average molecular weight is 585 g/mol. The van der Waals surface area contributed by atoms with Crippen LogP contribution in [0.3, 0.4) is 0 Å². The van der Waals surface area contributed by atoms with Gasteiger partial charge in [-0.3, -0.25) is 0 Å². The second-order valence-corrected chi connectivity index (χ2v) is 10.6. The van der Waals surface area contributed by atoms with Crippen LogP contribution in [0.4, 0.5) is 5.69 Å². The highest BCUT2D eigenvalue weighted by atomic mass is 16.5. The highest BCUT2D eigenvalue weighted by molar-refractivity contribution is 6.09. The van der Waals surface area contributed by atoms with Gasteiger partial charge in [0.25, 0.3) is 0 Å². The van der Waals surface area contributed by atoms with E-state index in [2.05, 4.69) is 114 Å². The van der Waals surface area contributed by atoms with Crippen LogP contribution in [-0.4, -0.2) is 17.7 Å². The summed E-state index contributed by atoms with van der Waals surface area (Å²) in [6.45, 7) is 6.20. The maximum absolute atomic E-state index is 9.58. The molecule has 1 aliphatic rings. The molecule has 45 heavy (non-hydrogen) atoms. The molecule has 0 spiro atoms. The van der Waals surface area contributed by atoms with Gasteiger partial charge in [0, 0.05) is 40.8 Å². The van der Waals surface area contributed by atoms with Crippen LogP contribution in [0.15, 0.2) is 144 Å². The average Bonchev–Trinajstić information content (AvgIpc) is 3.42. The topological polar surface area (TPSA) is 65.0 Å². The van der Waals surface area contributed by atoms with E-state index in [-0.39, 0.29) is 5.57 Å². The number of ether oxygens (including phenoxy) is 1. The maximum Gasteiger partial charge on any atom is 0.137 e. The summed E-state index contributed by atoms with van der Waals surface area (Å²) in [6, 6.07) is 37.6. The third-order valence-corrected chi connectivity index (χ3v) is 7.96. The zero-order valence-electron chi connectivity index (χ0n) is 25.3. The second kappa shape index (κ2) is 13.1. The Balaban J connectivity index is 1.30. The van der Waals surface area contributed by atoms with E-state index in [0.717, 1.165) is 46.3 Å². The number of hydrogen-bond donors (Lipinski definition) is 0. The quantitative estimate of drug-likeness (QED) is 0.170. The van der Waals surface area contributed by atoms with Gasteiger partial charge in [-0.15, -0.1) is 0 Å². The van der Waals surface area contributed by atoms with E-state index in [9.17, 15) is 10.5 Å². The minimum Gasteiger partial charge on any atom is -0.457 e. The molecule has 0 radical (unpaired) electrons. The van der Waals surface area contributed by atoms with Crippen LogP contribution in [0, 0.1) is 22.7 Å². The third kappa shape index (κ3) is 6.07. The van der Waals surface area contributed by atoms with Crippen molar-refractivity contribution in [1.29, 1.82) is 10.5 Å². The number of anilines is 1. The monoisotopic (exact) mass is 584 g/mol. The molecule has 5 nitrogen and oxygen atoms in total. The first-order chi connectivity index (χ1) is 22.1.